The van der Waals surface area contributed by atoms with Crippen molar-refractivity contribution in [1.82, 2.24) is 15.8 Å². The number of benzene rings is 1. The van der Waals surface area contributed by atoms with Gasteiger partial charge >= 0.3 is 0 Å². The summed E-state index contributed by atoms with van der Waals surface area (Å²) < 4.78 is 5.19. The molecule has 6 nitrogen and oxygen atoms in total. The van der Waals surface area contributed by atoms with Crippen LogP contribution >= 0.6 is 23.6 Å². The predicted molar refractivity (Wildman–Crippen MR) is 103 cm³/mol. The lowest BCUT2D eigenvalue weighted by molar-refractivity contribution is 0.0945. The fourth-order valence-corrected chi connectivity index (χ4v) is 2.95. The van der Waals surface area contributed by atoms with Crippen LogP contribution in [0, 0.1) is 0 Å². The topological polar surface area (TPSA) is 79.2 Å². The number of hydrogen-bond donors (Lipinski definition) is 3. The van der Waals surface area contributed by atoms with E-state index in [9.17, 15) is 4.79 Å². The molecule has 0 aliphatic heterocycles. The van der Waals surface area contributed by atoms with Crippen molar-refractivity contribution in [2.24, 2.45) is 0 Å². The van der Waals surface area contributed by atoms with Gasteiger partial charge in [-0.15, -0.1) is 11.3 Å². The Kier molecular flexibility index (Phi) is 5.76. The van der Waals surface area contributed by atoms with E-state index in [4.69, 9.17) is 16.7 Å². The van der Waals surface area contributed by atoms with Crippen molar-refractivity contribution >= 4 is 40.3 Å². The Labute approximate surface area is 154 Å². The highest BCUT2D eigenvalue weighted by Crippen LogP contribution is 2.24. The maximum atomic E-state index is 12.1. The minimum Gasteiger partial charge on any atom is -0.361 e. The van der Waals surface area contributed by atoms with Gasteiger partial charge in [-0.2, -0.15) is 0 Å². The number of nitrogens with one attached hydrogen (secondary N) is 3. The first kappa shape index (κ1) is 17.1. The van der Waals surface area contributed by atoms with Gasteiger partial charge in [-0.1, -0.05) is 29.4 Å². The first-order valence-corrected chi connectivity index (χ1v) is 8.90. The molecule has 0 aliphatic rings. The number of carbonyl (C=O) groups excluding carboxylic acids is 1. The van der Waals surface area contributed by atoms with Crippen molar-refractivity contribution in [1.29, 1.82) is 0 Å². The SMILES string of the molecule is O=C(NCCNC(=S)Nc1ccccc1)c1cc(-c2cccs2)on1. The van der Waals surface area contributed by atoms with Gasteiger partial charge in [0.1, 0.15) is 0 Å². The van der Waals surface area contributed by atoms with Gasteiger partial charge in [0.2, 0.25) is 0 Å². The Balaban J connectivity index is 1.40. The Morgan fingerprint density at radius 1 is 1.12 bits per heavy atom. The molecule has 3 rings (SSSR count). The molecule has 0 spiro atoms. The van der Waals surface area contributed by atoms with Crippen LogP contribution in [0.4, 0.5) is 5.69 Å². The summed E-state index contributed by atoms with van der Waals surface area (Å²) in [5, 5.41) is 15.1. The number of amides is 1. The lowest BCUT2D eigenvalue weighted by atomic mass is 10.3. The fraction of sp³-hybridized carbons (Fsp3) is 0.118. The van der Waals surface area contributed by atoms with Gasteiger partial charge in [0.25, 0.3) is 5.91 Å². The standard InChI is InChI=1S/C17H16N4O2S2/c22-16(13-11-14(23-21-13)15-7-4-10-25-15)18-8-9-19-17(24)20-12-5-2-1-3-6-12/h1-7,10-11H,8-9H2,(H,18,22)(H2,19,20,24). The first-order chi connectivity index (χ1) is 12.2. The Morgan fingerprint density at radius 3 is 2.68 bits per heavy atom. The van der Waals surface area contributed by atoms with E-state index in [1.807, 2.05) is 47.8 Å². The van der Waals surface area contributed by atoms with Gasteiger partial charge in [0.05, 0.1) is 4.88 Å². The molecule has 0 aliphatic carbocycles. The fourth-order valence-electron chi connectivity index (χ4n) is 2.06. The van der Waals surface area contributed by atoms with Gasteiger partial charge in [0, 0.05) is 24.8 Å². The number of carbonyl (C=O) groups is 1. The summed E-state index contributed by atoms with van der Waals surface area (Å²) in [6.07, 6.45) is 0. The molecule has 25 heavy (non-hydrogen) atoms. The summed E-state index contributed by atoms with van der Waals surface area (Å²) >= 11 is 6.73. The molecule has 2 aromatic heterocycles. The Morgan fingerprint density at radius 2 is 1.92 bits per heavy atom. The number of aromatic nitrogens is 1. The van der Waals surface area contributed by atoms with E-state index < -0.39 is 0 Å². The summed E-state index contributed by atoms with van der Waals surface area (Å²) in [6.45, 7) is 0.913. The Hall–Kier alpha value is -2.71. The second kappa shape index (κ2) is 8.41. The molecule has 0 bridgehead atoms. The molecule has 0 radical (unpaired) electrons. The normalized spacial score (nSPS) is 10.2. The van der Waals surface area contributed by atoms with Gasteiger partial charge in [-0.3, -0.25) is 4.79 Å². The van der Waals surface area contributed by atoms with Crippen LogP contribution in [0.1, 0.15) is 10.5 Å². The average molecular weight is 372 g/mol. The number of anilines is 1. The molecule has 3 N–H and O–H groups in total. The zero-order valence-corrected chi connectivity index (χ0v) is 14.8. The number of rotatable bonds is 6. The number of thiophene rings is 1. The quantitative estimate of drug-likeness (QED) is 0.456. The number of hydrogen-bond acceptors (Lipinski definition) is 5. The van der Waals surface area contributed by atoms with Crippen LogP contribution in [0.3, 0.4) is 0 Å². The minimum absolute atomic E-state index is 0.258. The van der Waals surface area contributed by atoms with E-state index in [1.165, 1.54) is 11.3 Å². The van der Waals surface area contributed by atoms with Gasteiger partial charge in [-0.05, 0) is 35.8 Å². The van der Waals surface area contributed by atoms with E-state index in [0.717, 1.165) is 10.6 Å². The highest BCUT2D eigenvalue weighted by Gasteiger charge is 2.13. The van der Waals surface area contributed by atoms with Crippen LogP contribution in [0.5, 0.6) is 0 Å². The largest absolute Gasteiger partial charge is 0.361 e. The van der Waals surface area contributed by atoms with Crippen LogP contribution in [0.25, 0.3) is 10.6 Å². The van der Waals surface area contributed by atoms with Gasteiger partial charge in [0.15, 0.2) is 16.6 Å². The molecule has 2 heterocycles. The molecule has 0 atom stereocenters. The zero-order chi connectivity index (χ0) is 17.5. The molecule has 0 fully saturated rings. The second-order valence-corrected chi connectivity index (χ2v) is 6.41. The number of para-hydroxylation sites is 1. The summed E-state index contributed by atoms with van der Waals surface area (Å²) in [7, 11) is 0. The minimum atomic E-state index is -0.282. The number of nitrogens with zero attached hydrogens (tertiary/aromatic N) is 1. The van der Waals surface area contributed by atoms with Gasteiger partial charge in [-0.25, -0.2) is 0 Å². The van der Waals surface area contributed by atoms with Crippen LogP contribution < -0.4 is 16.0 Å². The third kappa shape index (κ3) is 4.88. The number of thiocarbonyl (C=S) groups is 1. The lowest BCUT2D eigenvalue weighted by Gasteiger charge is -2.10. The van der Waals surface area contributed by atoms with E-state index in [0.29, 0.717) is 24.0 Å². The van der Waals surface area contributed by atoms with Crippen LogP contribution in [-0.4, -0.2) is 29.3 Å². The zero-order valence-electron chi connectivity index (χ0n) is 13.2. The third-order valence-corrected chi connectivity index (χ3v) is 4.37. The molecular formula is C17H16N4O2S2. The van der Waals surface area contributed by atoms with E-state index in [1.54, 1.807) is 6.07 Å². The third-order valence-electron chi connectivity index (χ3n) is 3.23. The maximum absolute atomic E-state index is 12.1. The molecule has 8 heteroatoms. The van der Waals surface area contributed by atoms with E-state index >= 15 is 0 Å². The summed E-state index contributed by atoms with van der Waals surface area (Å²) in [5.41, 5.74) is 1.17. The molecule has 1 aromatic carbocycles. The lowest BCUT2D eigenvalue weighted by Crippen LogP contribution is -2.36. The molecule has 0 saturated heterocycles. The van der Waals surface area contributed by atoms with Gasteiger partial charge < -0.3 is 20.5 Å². The van der Waals surface area contributed by atoms with Crippen molar-refractivity contribution in [2.75, 3.05) is 18.4 Å². The highest BCUT2D eigenvalue weighted by atomic mass is 32.1. The summed E-state index contributed by atoms with van der Waals surface area (Å²) in [6, 6.07) is 15.1. The molecule has 1 amide bonds. The average Bonchev–Trinajstić information content (AvgIpc) is 3.30. The second-order valence-electron chi connectivity index (χ2n) is 5.06. The van der Waals surface area contributed by atoms with Crippen molar-refractivity contribution < 1.29 is 9.32 Å². The summed E-state index contributed by atoms with van der Waals surface area (Å²) in [5.74, 6) is 0.307. The maximum Gasteiger partial charge on any atom is 0.273 e. The molecule has 3 aromatic rings. The molecule has 0 unspecified atom stereocenters. The predicted octanol–water partition coefficient (Wildman–Crippen LogP) is 3.12. The van der Waals surface area contributed by atoms with E-state index in [-0.39, 0.29) is 11.6 Å². The smallest absolute Gasteiger partial charge is 0.273 e. The first-order valence-electron chi connectivity index (χ1n) is 7.61. The molecular weight excluding hydrogens is 356 g/mol. The molecule has 0 saturated carbocycles. The van der Waals surface area contributed by atoms with Crippen molar-refractivity contribution in [3.63, 3.8) is 0 Å². The monoisotopic (exact) mass is 372 g/mol. The van der Waals surface area contributed by atoms with Crippen LogP contribution in [0.15, 0.2) is 58.4 Å². The van der Waals surface area contributed by atoms with Crippen molar-refractivity contribution in [2.45, 2.75) is 0 Å². The van der Waals surface area contributed by atoms with Crippen molar-refractivity contribution in [3.05, 3.63) is 59.6 Å². The Bertz CT molecular complexity index is 831. The van der Waals surface area contributed by atoms with E-state index in [2.05, 4.69) is 21.1 Å². The molecule has 128 valence electrons. The highest BCUT2D eigenvalue weighted by molar-refractivity contribution is 7.80. The van der Waals surface area contributed by atoms with Crippen LogP contribution in [-0.2, 0) is 0 Å². The van der Waals surface area contributed by atoms with Crippen LogP contribution in [0.2, 0.25) is 0 Å². The van der Waals surface area contributed by atoms with Crippen molar-refractivity contribution in [3.8, 4) is 10.6 Å². The summed E-state index contributed by atoms with van der Waals surface area (Å²) in [4.78, 5) is 13.0.